The van der Waals surface area contributed by atoms with Crippen molar-refractivity contribution in [2.24, 2.45) is 5.92 Å². The van der Waals surface area contributed by atoms with Crippen LogP contribution in [-0.2, 0) is 20.9 Å². The molecule has 1 N–H and O–H groups in total. The van der Waals surface area contributed by atoms with Gasteiger partial charge in [0.25, 0.3) is 0 Å². The molecule has 2 rings (SSSR count). The van der Waals surface area contributed by atoms with Gasteiger partial charge in [-0.15, -0.1) is 0 Å². The molecule has 1 saturated heterocycles. The quantitative estimate of drug-likeness (QED) is 0.899. The Balaban J connectivity index is 1.84. The fourth-order valence-corrected chi connectivity index (χ4v) is 2.93. The van der Waals surface area contributed by atoms with Crippen LogP contribution in [0.25, 0.3) is 0 Å². The van der Waals surface area contributed by atoms with E-state index >= 15 is 0 Å². The number of likely N-dealkylation sites (tertiary alicyclic amines) is 1. The lowest BCUT2D eigenvalue weighted by atomic mass is 10.0. The lowest BCUT2D eigenvalue weighted by molar-refractivity contribution is -0.128. The zero-order valence-corrected chi connectivity index (χ0v) is 13.6. The molecule has 0 aromatic heterocycles. The van der Waals surface area contributed by atoms with Gasteiger partial charge in [-0.05, 0) is 17.7 Å². The summed E-state index contributed by atoms with van der Waals surface area (Å²) in [6.07, 6.45) is 0.267. The number of hydrogen-bond donors (Lipinski definition) is 1. The molecule has 120 valence electrons. The number of nitrogens with zero attached hydrogens (tertiary/aromatic N) is 1. The first-order chi connectivity index (χ1) is 10.5. The highest BCUT2D eigenvalue weighted by atomic mass is 35.5. The van der Waals surface area contributed by atoms with Crippen molar-refractivity contribution in [3.05, 3.63) is 34.9 Å². The first-order valence-corrected chi connectivity index (χ1v) is 7.67. The molecule has 1 aromatic rings. The molecule has 22 heavy (non-hydrogen) atoms. The summed E-state index contributed by atoms with van der Waals surface area (Å²) in [5.41, 5.74) is 0.959. The molecule has 2 atom stereocenters. The maximum absolute atomic E-state index is 12.1. The zero-order valence-electron chi connectivity index (χ0n) is 12.8. The van der Waals surface area contributed by atoms with E-state index in [9.17, 15) is 9.59 Å². The second-order valence-corrected chi connectivity index (χ2v) is 6.01. The lowest BCUT2D eigenvalue weighted by Crippen LogP contribution is -2.30. The number of hydrogen-bond acceptors (Lipinski definition) is 3. The van der Waals surface area contributed by atoms with E-state index in [-0.39, 0.29) is 23.8 Å². The molecule has 1 aliphatic rings. The van der Waals surface area contributed by atoms with Crippen LogP contribution in [0.4, 0.5) is 0 Å². The molecule has 5 nitrogen and oxygen atoms in total. The summed E-state index contributed by atoms with van der Waals surface area (Å²) in [6, 6.07) is 7.39. The van der Waals surface area contributed by atoms with Crippen molar-refractivity contribution in [2.75, 3.05) is 20.2 Å². The summed E-state index contributed by atoms with van der Waals surface area (Å²) in [5, 5.41) is 3.54. The molecular weight excluding hydrogens is 304 g/mol. The first kappa shape index (κ1) is 16.8. The van der Waals surface area contributed by atoms with E-state index in [4.69, 9.17) is 16.3 Å². The number of rotatable bonds is 5. The summed E-state index contributed by atoms with van der Waals surface area (Å²) in [7, 11) is 1.62. The average molecular weight is 325 g/mol. The smallest absolute Gasteiger partial charge is 0.220 e. The molecule has 0 spiro atoms. The Bertz CT molecular complexity index is 550. The third-order valence-corrected chi connectivity index (χ3v) is 4.19. The monoisotopic (exact) mass is 324 g/mol. The van der Waals surface area contributed by atoms with Crippen molar-refractivity contribution < 1.29 is 14.3 Å². The second kappa shape index (κ2) is 7.61. The van der Waals surface area contributed by atoms with Gasteiger partial charge in [0, 0.05) is 51.0 Å². The Kier molecular flexibility index (Phi) is 5.80. The summed E-state index contributed by atoms with van der Waals surface area (Å²) >= 11 is 5.91. The lowest BCUT2D eigenvalue weighted by Gasteiger charge is -2.16. The zero-order chi connectivity index (χ0) is 16.1. The molecule has 0 bridgehead atoms. The van der Waals surface area contributed by atoms with Gasteiger partial charge < -0.3 is 15.0 Å². The van der Waals surface area contributed by atoms with Crippen LogP contribution in [0.15, 0.2) is 24.3 Å². The Morgan fingerprint density at radius 3 is 2.82 bits per heavy atom. The molecule has 6 heteroatoms. The van der Waals surface area contributed by atoms with E-state index in [1.165, 1.54) is 6.92 Å². The average Bonchev–Trinajstić information content (AvgIpc) is 2.88. The maximum atomic E-state index is 12.1. The minimum Gasteiger partial charge on any atom is -0.379 e. The molecule has 2 amide bonds. The molecule has 0 radical (unpaired) electrons. The van der Waals surface area contributed by atoms with Gasteiger partial charge in [0.05, 0.1) is 6.10 Å². The van der Waals surface area contributed by atoms with Crippen molar-refractivity contribution in [3.8, 4) is 0 Å². The molecule has 0 unspecified atom stereocenters. The van der Waals surface area contributed by atoms with E-state index in [0.29, 0.717) is 31.1 Å². The van der Waals surface area contributed by atoms with Gasteiger partial charge in [0.1, 0.15) is 0 Å². The van der Waals surface area contributed by atoms with Gasteiger partial charge in [-0.3, -0.25) is 9.59 Å². The van der Waals surface area contributed by atoms with Gasteiger partial charge >= 0.3 is 0 Å². The highest BCUT2D eigenvalue weighted by molar-refractivity contribution is 6.30. The number of ether oxygens (including phenoxy) is 1. The Hall–Kier alpha value is -1.59. The molecule has 1 heterocycles. The summed E-state index contributed by atoms with van der Waals surface area (Å²) in [6.45, 7) is 3.10. The number of carbonyl (C=O) groups excluding carboxylic acids is 2. The number of carbonyl (C=O) groups is 2. The number of nitrogens with one attached hydrogen (secondary N) is 1. The molecule has 0 saturated carbocycles. The molecule has 1 aliphatic heterocycles. The highest BCUT2D eigenvalue weighted by Crippen LogP contribution is 2.22. The molecule has 1 fully saturated rings. The van der Waals surface area contributed by atoms with Gasteiger partial charge in [-0.1, -0.05) is 23.7 Å². The third kappa shape index (κ3) is 4.45. The number of benzene rings is 1. The van der Waals surface area contributed by atoms with Crippen molar-refractivity contribution in [2.45, 2.75) is 26.0 Å². The normalized spacial score (nSPS) is 21.0. The van der Waals surface area contributed by atoms with Crippen LogP contribution in [0.3, 0.4) is 0 Å². The van der Waals surface area contributed by atoms with Crippen molar-refractivity contribution in [1.82, 2.24) is 10.2 Å². The maximum Gasteiger partial charge on any atom is 0.220 e. The van der Waals surface area contributed by atoms with Crippen LogP contribution in [0.5, 0.6) is 0 Å². The van der Waals surface area contributed by atoms with Gasteiger partial charge in [0.15, 0.2) is 0 Å². The number of halogens is 1. The standard InChI is InChI=1S/C16H21ClN2O3/c1-11(20)19-9-13(15(10-19)22-2)7-16(21)18-8-12-4-3-5-14(17)6-12/h3-6,13,15H,7-10H2,1-2H3,(H,18,21)/t13-,15-/m0/s1. The van der Waals surface area contributed by atoms with Gasteiger partial charge in [0.2, 0.25) is 11.8 Å². The van der Waals surface area contributed by atoms with E-state index in [0.717, 1.165) is 5.56 Å². The SMILES string of the molecule is CO[C@H]1CN(C(C)=O)C[C@@H]1CC(=O)NCc1cccc(Cl)c1. The van der Waals surface area contributed by atoms with Crippen molar-refractivity contribution >= 4 is 23.4 Å². The minimum absolute atomic E-state index is 0.0175. The third-order valence-electron chi connectivity index (χ3n) is 3.96. The second-order valence-electron chi connectivity index (χ2n) is 5.57. The number of methoxy groups -OCH3 is 1. The van der Waals surface area contributed by atoms with Crippen LogP contribution in [0.1, 0.15) is 18.9 Å². The Morgan fingerprint density at radius 1 is 1.41 bits per heavy atom. The number of amides is 2. The fourth-order valence-electron chi connectivity index (χ4n) is 2.72. The summed E-state index contributed by atoms with van der Waals surface area (Å²) < 4.78 is 5.39. The minimum atomic E-state index is -0.0826. The highest BCUT2D eigenvalue weighted by Gasteiger charge is 2.35. The summed E-state index contributed by atoms with van der Waals surface area (Å²) in [5.74, 6) is 0.00887. The van der Waals surface area contributed by atoms with Crippen molar-refractivity contribution in [1.29, 1.82) is 0 Å². The van der Waals surface area contributed by atoms with Crippen LogP contribution in [0, 0.1) is 5.92 Å². The summed E-state index contributed by atoms with van der Waals surface area (Å²) in [4.78, 5) is 25.3. The predicted molar refractivity (Wildman–Crippen MR) is 84.5 cm³/mol. The van der Waals surface area contributed by atoms with E-state index < -0.39 is 0 Å². The predicted octanol–water partition coefficient (Wildman–Crippen LogP) is 1.84. The van der Waals surface area contributed by atoms with Crippen LogP contribution in [0.2, 0.25) is 5.02 Å². The van der Waals surface area contributed by atoms with Crippen LogP contribution in [-0.4, -0.2) is 43.0 Å². The molecular formula is C16H21ClN2O3. The van der Waals surface area contributed by atoms with Gasteiger partial charge in [-0.25, -0.2) is 0 Å². The van der Waals surface area contributed by atoms with Crippen LogP contribution >= 0.6 is 11.6 Å². The van der Waals surface area contributed by atoms with Crippen molar-refractivity contribution in [3.63, 3.8) is 0 Å². The topological polar surface area (TPSA) is 58.6 Å². The van der Waals surface area contributed by atoms with E-state index in [2.05, 4.69) is 5.32 Å². The first-order valence-electron chi connectivity index (χ1n) is 7.29. The molecule has 0 aliphatic carbocycles. The Labute approximate surface area is 135 Å². The largest absolute Gasteiger partial charge is 0.379 e. The van der Waals surface area contributed by atoms with E-state index in [1.54, 1.807) is 18.1 Å². The molecule has 1 aromatic carbocycles. The Morgan fingerprint density at radius 2 is 2.18 bits per heavy atom. The van der Waals surface area contributed by atoms with Gasteiger partial charge in [-0.2, -0.15) is 0 Å². The van der Waals surface area contributed by atoms with Crippen LogP contribution < -0.4 is 5.32 Å². The fraction of sp³-hybridized carbons (Fsp3) is 0.500. The van der Waals surface area contributed by atoms with E-state index in [1.807, 2.05) is 18.2 Å².